The molecule has 0 saturated carbocycles. The summed E-state index contributed by atoms with van der Waals surface area (Å²) in [5.74, 6) is 1.15. The van der Waals surface area contributed by atoms with Crippen LogP contribution in [-0.4, -0.2) is 51.7 Å². The number of halogens is 1. The minimum absolute atomic E-state index is 0. The van der Waals surface area contributed by atoms with Crippen molar-refractivity contribution in [3.05, 3.63) is 24.3 Å². The molecule has 6 heteroatoms. The average Bonchev–Trinajstić information content (AvgIpc) is 2.42. The number of hydrogen-bond donors (Lipinski definition) is 1. The van der Waals surface area contributed by atoms with Crippen LogP contribution in [0.4, 0.5) is 0 Å². The molecule has 0 saturated heterocycles. The molecule has 19 heavy (non-hydrogen) atoms. The molecule has 0 aromatic heterocycles. The molecule has 1 rings (SSSR count). The second-order valence-corrected chi connectivity index (χ2v) is 3.86. The number of amides is 1. The number of ether oxygens (including phenoxy) is 2. The molecule has 0 bridgehead atoms. The van der Waals surface area contributed by atoms with E-state index in [1.807, 2.05) is 19.2 Å². The van der Waals surface area contributed by atoms with E-state index in [9.17, 15) is 4.79 Å². The number of carbonyl (C=O) groups excluding carboxylic acids is 1. The minimum Gasteiger partial charge on any atom is -0.493 e. The molecule has 1 aromatic carbocycles. The standard InChI is InChI=1S/C13H20N2O3.ClH/c1-14-8-9-15(2)13(16)10-18-12-7-5-4-6-11(12)17-3;/h4-7,14H,8-10H2,1-3H3;1H. The first-order valence-corrected chi connectivity index (χ1v) is 5.83. The first-order valence-electron chi connectivity index (χ1n) is 5.83. The van der Waals surface area contributed by atoms with Gasteiger partial charge in [0.05, 0.1) is 7.11 Å². The molecule has 108 valence electrons. The third kappa shape index (κ3) is 5.81. The van der Waals surface area contributed by atoms with Gasteiger partial charge in [0.2, 0.25) is 0 Å². The van der Waals surface area contributed by atoms with Crippen LogP contribution in [0.2, 0.25) is 0 Å². The van der Waals surface area contributed by atoms with Crippen molar-refractivity contribution < 1.29 is 14.3 Å². The summed E-state index contributed by atoms with van der Waals surface area (Å²) in [6.45, 7) is 1.43. The third-order valence-corrected chi connectivity index (χ3v) is 2.54. The van der Waals surface area contributed by atoms with Gasteiger partial charge in [-0.15, -0.1) is 12.4 Å². The number of rotatable bonds is 7. The van der Waals surface area contributed by atoms with Crippen LogP contribution in [0.3, 0.4) is 0 Å². The fourth-order valence-corrected chi connectivity index (χ4v) is 1.39. The molecular formula is C13H21ClN2O3. The Morgan fingerprint density at radius 1 is 1.32 bits per heavy atom. The molecule has 0 spiro atoms. The van der Waals surface area contributed by atoms with Gasteiger partial charge < -0.3 is 19.7 Å². The smallest absolute Gasteiger partial charge is 0.260 e. The maximum absolute atomic E-state index is 11.8. The highest BCUT2D eigenvalue weighted by Gasteiger charge is 2.10. The van der Waals surface area contributed by atoms with Crippen molar-refractivity contribution in [2.24, 2.45) is 0 Å². The molecule has 0 aliphatic heterocycles. The van der Waals surface area contributed by atoms with Gasteiger partial charge in [-0.1, -0.05) is 12.1 Å². The predicted octanol–water partition coefficient (Wildman–Crippen LogP) is 1.17. The van der Waals surface area contributed by atoms with Gasteiger partial charge in [-0.3, -0.25) is 4.79 Å². The number of nitrogens with zero attached hydrogens (tertiary/aromatic N) is 1. The van der Waals surface area contributed by atoms with Crippen molar-refractivity contribution >= 4 is 18.3 Å². The number of nitrogens with one attached hydrogen (secondary N) is 1. The second kappa shape index (κ2) is 9.47. The van der Waals surface area contributed by atoms with Gasteiger partial charge in [0.15, 0.2) is 18.1 Å². The van der Waals surface area contributed by atoms with E-state index >= 15 is 0 Å². The SMILES string of the molecule is CNCCN(C)C(=O)COc1ccccc1OC.Cl. The van der Waals surface area contributed by atoms with Gasteiger partial charge in [-0.2, -0.15) is 0 Å². The van der Waals surface area contributed by atoms with E-state index in [4.69, 9.17) is 9.47 Å². The fraction of sp³-hybridized carbons (Fsp3) is 0.462. The quantitative estimate of drug-likeness (QED) is 0.818. The summed E-state index contributed by atoms with van der Waals surface area (Å²) in [7, 11) is 5.18. The maximum atomic E-state index is 11.8. The summed E-state index contributed by atoms with van der Waals surface area (Å²) in [5.41, 5.74) is 0. The Morgan fingerprint density at radius 2 is 1.95 bits per heavy atom. The Bertz CT molecular complexity index is 388. The summed E-state index contributed by atoms with van der Waals surface area (Å²) < 4.78 is 10.6. The van der Waals surface area contributed by atoms with E-state index in [0.29, 0.717) is 18.0 Å². The fourth-order valence-electron chi connectivity index (χ4n) is 1.39. The summed E-state index contributed by atoms with van der Waals surface area (Å²) in [4.78, 5) is 13.4. The lowest BCUT2D eigenvalue weighted by Crippen LogP contribution is -2.35. The van der Waals surface area contributed by atoms with Gasteiger partial charge in [-0.05, 0) is 19.2 Å². The van der Waals surface area contributed by atoms with E-state index in [1.165, 1.54) is 0 Å². The molecule has 0 heterocycles. The van der Waals surface area contributed by atoms with Crippen LogP contribution in [0.5, 0.6) is 11.5 Å². The van der Waals surface area contributed by atoms with Gasteiger partial charge in [0.1, 0.15) is 0 Å². The van der Waals surface area contributed by atoms with Crippen LogP contribution in [0.25, 0.3) is 0 Å². The number of hydrogen-bond acceptors (Lipinski definition) is 4. The van der Waals surface area contributed by atoms with Crippen LogP contribution in [-0.2, 0) is 4.79 Å². The Balaban J connectivity index is 0.00000324. The maximum Gasteiger partial charge on any atom is 0.260 e. The third-order valence-electron chi connectivity index (χ3n) is 2.54. The zero-order chi connectivity index (χ0) is 13.4. The molecule has 1 aromatic rings. The van der Waals surface area contributed by atoms with E-state index in [1.54, 1.807) is 31.2 Å². The van der Waals surface area contributed by atoms with Gasteiger partial charge in [0, 0.05) is 20.1 Å². The molecule has 0 unspecified atom stereocenters. The molecule has 1 amide bonds. The molecule has 0 aliphatic carbocycles. The molecule has 0 radical (unpaired) electrons. The van der Waals surface area contributed by atoms with Crippen molar-refractivity contribution in [3.8, 4) is 11.5 Å². The van der Waals surface area contributed by atoms with E-state index in [2.05, 4.69) is 5.32 Å². The van der Waals surface area contributed by atoms with Gasteiger partial charge in [-0.25, -0.2) is 0 Å². The van der Waals surface area contributed by atoms with Crippen molar-refractivity contribution in [1.82, 2.24) is 10.2 Å². The van der Waals surface area contributed by atoms with Gasteiger partial charge in [0.25, 0.3) is 5.91 Å². The molecule has 1 N–H and O–H groups in total. The van der Waals surface area contributed by atoms with E-state index < -0.39 is 0 Å². The average molecular weight is 289 g/mol. The molecule has 0 aliphatic rings. The van der Waals surface area contributed by atoms with Crippen molar-refractivity contribution in [2.75, 3.05) is 40.9 Å². The normalized spacial score (nSPS) is 9.42. The second-order valence-electron chi connectivity index (χ2n) is 3.86. The van der Waals surface area contributed by atoms with E-state index in [-0.39, 0.29) is 24.9 Å². The summed E-state index contributed by atoms with van der Waals surface area (Å²) >= 11 is 0. The monoisotopic (exact) mass is 288 g/mol. The van der Waals surface area contributed by atoms with Crippen LogP contribution < -0.4 is 14.8 Å². The Morgan fingerprint density at radius 3 is 2.53 bits per heavy atom. The van der Waals surface area contributed by atoms with Gasteiger partial charge >= 0.3 is 0 Å². The zero-order valence-corrected chi connectivity index (χ0v) is 12.3. The number of likely N-dealkylation sites (N-methyl/N-ethyl adjacent to an activating group) is 2. The summed E-state index contributed by atoms with van der Waals surface area (Å²) in [5, 5.41) is 2.99. The lowest BCUT2D eigenvalue weighted by atomic mass is 10.3. The first kappa shape index (κ1) is 17.5. The Labute approximate surface area is 120 Å². The number of benzene rings is 1. The Hall–Kier alpha value is -1.46. The largest absolute Gasteiger partial charge is 0.493 e. The predicted molar refractivity (Wildman–Crippen MR) is 77.3 cm³/mol. The van der Waals surface area contributed by atoms with E-state index in [0.717, 1.165) is 6.54 Å². The highest BCUT2D eigenvalue weighted by Crippen LogP contribution is 2.25. The number of para-hydroxylation sites is 2. The van der Waals surface area contributed by atoms with Crippen molar-refractivity contribution in [1.29, 1.82) is 0 Å². The van der Waals surface area contributed by atoms with Crippen molar-refractivity contribution in [2.45, 2.75) is 0 Å². The molecule has 0 atom stereocenters. The lowest BCUT2D eigenvalue weighted by molar-refractivity contribution is -0.132. The molecular weight excluding hydrogens is 268 g/mol. The van der Waals surface area contributed by atoms with Crippen LogP contribution in [0.15, 0.2) is 24.3 Å². The minimum atomic E-state index is -0.0591. The lowest BCUT2D eigenvalue weighted by Gasteiger charge is -2.17. The first-order chi connectivity index (χ1) is 8.69. The highest BCUT2D eigenvalue weighted by molar-refractivity contribution is 5.85. The van der Waals surface area contributed by atoms with Crippen LogP contribution >= 0.6 is 12.4 Å². The van der Waals surface area contributed by atoms with Crippen LogP contribution in [0, 0.1) is 0 Å². The van der Waals surface area contributed by atoms with Crippen LogP contribution in [0.1, 0.15) is 0 Å². The molecule has 5 nitrogen and oxygen atoms in total. The van der Waals surface area contributed by atoms with Crippen molar-refractivity contribution in [3.63, 3.8) is 0 Å². The highest BCUT2D eigenvalue weighted by atomic mass is 35.5. The summed E-state index contributed by atoms with van der Waals surface area (Å²) in [6, 6.07) is 7.27. The molecule has 0 fully saturated rings. The number of methoxy groups -OCH3 is 1. The number of carbonyl (C=O) groups is 1. The Kier molecular flexibility index (Phi) is 8.74. The topological polar surface area (TPSA) is 50.8 Å². The summed E-state index contributed by atoms with van der Waals surface area (Å²) in [6.07, 6.45) is 0. The zero-order valence-electron chi connectivity index (χ0n) is 11.5.